The van der Waals surface area contributed by atoms with Gasteiger partial charge in [0, 0.05) is 5.69 Å². The summed E-state index contributed by atoms with van der Waals surface area (Å²) in [6.07, 6.45) is 1.60. The SMILES string of the molecule is Cc1[nH]ncc1-c1nc(CO)no1. The molecule has 2 N–H and O–H groups in total. The van der Waals surface area contributed by atoms with Crippen LogP contribution in [0.15, 0.2) is 10.7 Å². The fourth-order valence-electron chi connectivity index (χ4n) is 0.994. The van der Waals surface area contributed by atoms with Crippen molar-refractivity contribution in [3.63, 3.8) is 0 Å². The molecular formula is C7H8N4O2. The van der Waals surface area contributed by atoms with Crippen LogP contribution in [0.2, 0.25) is 0 Å². The van der Waals surface area contributed by atoms with Gasteiger partial charge in [-0.2, -0.15) is 10.1 Å². The number of aromatic amines is 1. The van der Waals surface area contributed by atoms with Crippen LogP contribution in [0.4, 0.5) is 0 Å². The Labute approximate surface area is 73.6 Å². The summed E-state index contributed by atoms with van der Waals surface area (Å²) in [6, 6.07) is 0. The molecule has 2 heterocycles. The van der Waals surface area contributed by atoms with Gasteiger partial charge in [-0.25, -0.2) is 0 Å². The highest BCUT2D eigenvalue weighted by Crippen LogP contribution is 2.18. The second-order valence-electron chi connectivity index (χ2n) is 2.58. The van der Waals surface area contributed by atoms with Gasteiger partial charge in [-0.3, -0.25) is 5.10 Å². The topological polar surface area (TPSA) is 87.8 Å². The van der Waals surface area contributed by atoms with Crippen molar-refractivity contribution >= 4 is 0 Å². The van der Waals surface area contributed by atoms with E-state index in [9.17, 15) is 0 Å². The Morgan fingerprint density at radius 3 is 3.00 bits per heavy atom. The van der Waals surface area contributed by atoms with Gasteiger partial charge in [0.15, 0.2) is 5.82 Å². The second-order valence-corrected chi connectivity index (χ2v) is 2.58. The molecule has 0 spiro atoms. The summed E-state index contributed by atoms with van der Waals surface area (Å²) in [6.45, 7) is 1.63. The number of hydrogen-bond donors (Lipinski definition) is 2. The normalized spacial score (nSPS) is 10.6. The molecule has 0 saturated carbocycles. The van der Waals surface area contributed by atoms with Crippen molar-refractivity contribution in [2.45, 2.75) is 13.5 Å². The molecule has 0 bridgehead atoms. The first kappa shape index (κ1) is 7.93. The van der Waals surface area contributed by atoms with Crippen molar-refractivity contribution < 1.29 is 9.63 Å². The summed E-state index contributed by atoms with van der Waals surface area (Å²) < 4.78 is 4.90. The van der Waals surface area contributed by atoms with Crippen LogP contribution in [-0.4, -0.2) is 25.4 Å². The van der Waals surface area contributed by atoms with Crippen LogP contribution in [0, 0.1) is 6.92 Å². The van der Waals surface area contributed by atoms with Crippen molar-refractivity contribution in [3.8, 4) is 11.5 Å². The molecule has 6 nitrogen and oxygen atoms in total. The van der Waals surface area contributed by atoms with E-state index in [4.69, 9.17) is 9.63 Å². The highest BCUT2D eigenvalue weighted by Gasteiger charge is 2.11. The lowest BCUT2D eigenvalue weighted by molar-refractivity contribution is 0.264. The first-order valence-electron chi connectivity index (χ1n) is 3.75. The first-order chi connectivity index (χ1) is 6.31. The molecule has 0 saturated heterocycles. The van der Waals surface area contributed by atoms with Gasteiger partial charge in [-0.1, -0.05) is 5.16 Å². The molecule has 0 aliphatic rings. The molecule has 2 rings (SSSR count). The predicted molar refractivity (Wildman–Crippen MR) is 42.5 cm³/mol. The summed E-state index contributed by atoms with van der Waals surface area (Å²) >= 11 is 0. The van der Waals surface area contributed by atoms with Crippen LogP contribution in [0.25, 0.3) is 11.5 Å². The molecule has 0 fully saturated rings. The molecule has 0 unspecified atom stereocenters. The zero-order chi connectivity index (χ0) is 9.26. The lowest BCUT2D eigenvalue weighted by Gasteiger charge is -1.87. The lowest BCUT2D eigenvalue weighted by atomic mass is 10.3. The van der Waals surface area contributed by atoms with E-state index in [1.807, 2.05) is 6.92 Å². The average molecular weight is 180 g/mol. The monoisotopic (exact) mass is 180 g/mol. The summed E-state index contributed by atoms with van der Waals surface area (Å²) in [5.74, 6) is 0.644. The zero-order valence-corrected chi connectivity index (χ0v) is 6.98. The molecule has 0 radical (unpaired) electrons. The summed E-state index contributed by atoms with van der Waals surface area (Å²) in [5.41, 5.74) is 1.61. The van der Waals surface area contributed by atoms with E-state index in [1.165, 1.54) is 0 Å². The average Bonchev–Trinajstić information content (AvgIpc) is 2.71. The Morgan fingerprint density at radius 2 is 2.46 bits per heavy atom. The molecule has 13 heavy (non-hydrogen) atoms. The minimum Gasteiger partial charge on any atom is -0.388 e. The van der Waals surface area contributed by atoms with Crippen molar-refractivity contribution in [2.24, 2.45) is 0 Å². The minimum atomic E-state index is -0.222. The van der Waals surface area contributed by atoms with Gasteiger partial charge in [0.1, 0.15) is 6.61 Å². The van der Waals surface area contributed by atoms with E-state index in [0.29, 0.717) is 5.89 Å². The van der Waals surface area contributed by atoms with Gasteiger partial charge < -0.3 is 9.63 Å². The van der Waals surface area contributed by atoms with E-state index in [-0.39, 0.29) is 12.4 Å². The molecule has 2 aromatic rings. The van der Waals surface area contributed by atoms with Gasteiger partial charge in [-0.15, -0.1) is 0 Å². The number of aryl methyl sites for hydroxylation is 1. The number of nitrogens with one attached hydrogen (secondary N) is 1. The van der Waals surface area contributed by atoms with E-state index in [2.05, 4.69) is 20.3 Å². The molecule has 0 aliphatic carbocycles. The Bertz CT molecular complexity index is 406. The number of aromatic nitrogens is 4. The maximum atomic E-state index is 8.71. The van der Waals surface area contributed by atoms with Crippen LogP contribution < -0.4 is 0 Å². The molecule has 0 aliphatic heterocycles. The van der Waals surface area contributed by atoms with Gasteiger partial charge in [-0.05, 0) is 6.92 Å². The molecule has 0 amide bonds. The fourth-order valence-corrected chi connectivity index (χ4v) is 0.994. The van der Waals surface area contributed by atoms with Crippen LogP contribution in [0.5, 0.6) is 0 Å². The largest absolute Gasteiger partial charge is 0.388 e. The quantitative estimate of drug-likeness (QED) is 0.692. The summed E-state index contributed by atoms with van der Waals surface area (Å²) in [5, 5.41) is 18.8. The molecule has 68 valence electrons. The third kappa shape index (κ3) is 1.31. The highest BCUT2D eigenvalue weighted by atomic mass is 16.5. The molecule has 0 atom stereocenters. The van der Waals surface area contributed by atoms with Crippen molar-refractivity contribution in [3.05, 3.63) is 17.7 Å². The Kier molecular flexibility index (Phi) is 1.82. The van der Waals surface area contributed by atoms with Crippen LogP contribution in [-0.2, 0) is 6.61 Å². The molecular weight excluding hydrogens is 172 g/mol. The number of nitrogens with zero attached hydrogens (tertiary/aromatic N) is 3. The molecule has 0 aromatic carbocycles. The Balaban J connectivity index is 2.41. The van der Waals surface area contributed by atoms with Gasteiger partial charge in [0.2, 0.25) is 0 Å². The van der Waals surface area contributed by atoms with Crippen LogP contribution >= 0.6 is 0 Å². The smallest absolute Gasteiger partial charge is 0.261 e. The van der Waals surface area contributed by atoms with E-state index >= 15 is 0 Å². The fraction of sp³-hybridized carbons (Fsp3) is 0.286. The zero-order valence-electron chi connectivity index (χ0n) is 6.98. The van der Waals surface area contributed by atoms with Gasteiger partial charge in [0.25, 0.3) is 5.89 Å². The number of aliphatic hydroxyl groups excluding tert-OH is 1. The van der Waals surface area contributed by atoms with Crippen molar-refractivity contribution in [1.82, 2.24) is 20.3 Å². The predicted octanol–water partition coefficient (Wildman–Crippen LogP) is 0.260. The lowest BCUT2D eigenvalue weighted by Crippen LogP contribution is -1.85. The Morgan fingerprint density at radius 1 is 1.62 bits per heavy atom. The summed E-state index contributed by atoms with van der Waals surface area (Å²) in [4.78, 5) is 3.94. The van der Waals surface area contributed by atoms with E-state index < -0.39 is 0 Å². The number of H-pyrrole nitrogens is 1. The Hall–Kier alpha value is -1.69. The minimum absolute atomic E-state index is 0.222. The maximum absolute atomic E-state index is 8.71. The number of aliphatic hydroxyl groups is 1. The molecule has 2 aromatic heterocycles. The maximum Gasteiger partial charge on any atom is 0.261 e. The third-order valence-electron chi connectivity index (χ3n) is 1.67. The standard InChI is InChI=1S/C7H8N4O2/c1-4-5(2-8-10-4)7-9-6(3-12)11-13-7/h2,12H,3H2,1H3,(H,8,10). The van der Waals surface area contributed by atoms with Gasteiger partial charge in [0.05, 0.1) is 11.8 Å². The van der Waals surface area contributed by atoms with Crippen LogP contribution in [0.1, 0.15) is 11.5 Å². The van der Waals surface area contributed by atoms with Crippen molar-refractivity contribution in [1.29, 1.82) is 0 Å². The third-order valence-corrected chi connectivity index (χ3v) is 1.67. The van der Waals surface area contributed by atoms with E-state index in [1.54, 1.807) is 6.20 Å². The van der Waals surface area contributed by atoms with Gasteiger partial charge >= 0.3 is 0 Å². The summed E-state index contributed by atoms with van der Waals surface area (Å²) in [7, 11) is 0. The number of rotatable bonds is 2. The van der Waals surface area contributed by atoms with Crippen molar-refractivity contribution in [2.75, 3.05) is 0 Å². The van der Waals surface area contributed by atoms with E-state index in [0.717, 1.165) is 11.3 Å². The number of hydrogen-bond acceptors (Lipinski definition) is 5. The first-order valence-corrected chi connectivity index (χ1v) is 3.75. The second kappa shape index (κ2) is 2.98. The highest BCUT2D eigenvalue weighted by molar-refractivity contribution is 5.54. The molecule has 6 heteroatoms. The van der Waals surface area contributed by atoms with Crippen LogP contribution in [0.3, 0.4) is 0 Å².